The number of hydrogen-bond donors (Lipinski definition) is 0. The van der Waals surface area contributed by atoms with Crippen LogP contribution >= 0.6 is 0 Å². The average molecular weight is 1860 g/mol. The summed E-state index contributed by atoms with van der Waals surface area (Å²) >= 11 is 0. The van der Waals surface area contributed by atoms with Crippen LogP contribution in [0, 0.1) is 0 Å². The van der Waals surface area contributed by atoms with Gasteiger partial charge in [-0.2, -0.15) is 0 Å². The van der Waals surface area contributed by atoms with Gasteiger partial charge in [-0.25, -0.2) is 44.9 Å². The summed E-state index contributed by atoms with van der Waals surface area (Å²) in [5, 5.41) is 25.3. The third-order valence-corrected chi connectivity index (χ3v) is 28.2. The maximum Gasteiger partial charge on any atom is 0.164 e. The molecule has 0 N–H and O–H groups in total. The molecule has 6 aromatic heterocycles. The number of hydrogen-bond acceptors (Lipinski definition) is 10. The fourth-order valence-corrected chi connectivity index (χ4v) is 21.1. The zero-order valence-corrected chi connectivity index (χ0v) is 78.9. The van der Waals surface area contributed by atoms with Crippen molar-refractivity contribution >= 4 is 141 Å². The van der Waals surface area contributed by atoms with Crippen LogP contribution in [0.15, 0.2) is 510 Å². The van der Waals surface area contributed by atoms with Gasteiger partial charge < -0.3 is 9.13 Å². The SMILES string of the molecule is c1ccc(-c2ccc(-c3nc(-c4ccccc4)nc(-c4cccc(-n5c6ccc7ccccc7c6c6c7ccccc7ccc65)c4)n3)cc2)cc1.c1ccc(-c2nc(-c3ccc4ccccc4c3)nc(-c3ccc(-n4c5ccc6ccccc6c5c5c6ccccc6ccc54)c4ccccc34)n2)cc1.c1ccc2cc(-c3nc(-c4ccc(-c5cccc6cccnc56)cc4)nc(-c4ccc5ccccc5c4)n3)ccc2c1. The maximum absolute atomic E-state index is 5.19. The van der Waals surface area contributed by atoms with E-state index >= 15 is 0 Å². The Bertz CT molecular complexity index is 9930. The van der Waals surface area contributed by atoms with E-state index in [4.69, 9.17) is 44.9 Å². The van der Waals surface area contributed by atoms with Gasteiger partial charge in [-0.1, -0.05) is 431 Å². The lowest BCUT2D eigenvalue weighted by Crippen LogP contribution is -2.02. The minimum absolute atomic E-state index is 0.629. The van der Waals surface area contributed by atoms with Crippen LogP contribution in [0.25, 0.3) is 277 Å². The van der Waals surface area contributed by atoms with Crippen LogP contribution in [0.2, 0.25) is 0 Å². The van der Waals surface area contributed by atoms with Crippen molar-refractivity contribution < 1.29 is 0 Å². The van der Waals surface area contributed by atoms with Crippen LogP contribution in [0.1, 0.15) is 0 Å². The minimum Gasteiger partial charge on any atom is -0.309 e. The molecule has 12 heteroatoms. The Hall–Kier alpha value is -19.8. The molecule has 0 unspecified atom stereocenters. The van der Waals surface area contributed by atoms with Crippen LogP contribution in [0.3, 0.4) is 0 Å². The monoisotopic (exact) mass is 1860 g/mol. The van der Waals surface area contributed by atoms with Gasteiger partial charge in [0.1, 0.15) is 0 Å². The number of fused-ring (bicyclic) bond motifs is 19. The van der Waals surface area contributed by atoms with Crippen molar-refractivity contribution in [3.05, 3.63) is 510 Å². The normalized spacial score (nSPS) is 11.6. The highest BCUT2D eigenvalue weighted by molar-refractivity contribution is 6.30. The zero-order chi connectivity index (χ0) is 96.5. The van der Waals surface area contributed by atoms with Gasteiger partial charge in [0.25, 0.3) is 0 Å². The number of rotatable bonds is 13. The molecule has 6 heterocycles. The molecule has 0 aliphatic rings. The lowest BCUT2D eigenvalue weighted by atomic mass is 10.00. The molecule has 0 aliphatic carbocycles. The Kier molecular flexibility index (Phi) is 21.3. The molecule has 0 bridgehead atoms. The second-order valence-corrected chi connectivity index (χ2v) is 36.9. The molecule has 680 valence electrons. The van der Waals surface area contributed by atoms with Crippen molar-refractivity contribution in [1.82, 2.24) is 59.0 Å². The van der Waals surface area contributed by atoms with Gasteiger partial charge in [0.2, 0.25) is 0 Å². The van der Waals surface area contributed by atoms with Crippen molar-refractivity contribution in [2.24, 2.45) is 0 Å². The fraction of sp³-hybridized carbons (Fsp3) is 0. The molecule has 0 saturated heterocycles. The first kappa shape index (κ1) is 85.4. The molecule has 0 spiro atoms. The first-order valence-corrected chi connectivity index (χ1v) is 49.1. The topological polar surface area (TPSA) is 139 Å². The van der Waals surface area contributed by atoms with Gasteiger partial charge in [0.05, 0.1) is 33.3 Å². The molecule has 0 amide bonds. The van der Waals surface area contributed by atoms with E-state index < -0.39 is 0 Å². The Morgan fingerprint density at radius 1 is 0.144 bits per heavy atom. The number of para-hydroxylation sites is 1. The predicted octanol–water partition coefficient (Wildman–Crippen LogP) is 33.9. The summed E-state index contributed by atoms with van der Waals surface area (Å²) in [6.45, 7) is 0. The molecule has 23 aromatic carbocycles. The van der Waals surface area contributed by atoms with E-state index in [-0.39, 0.29) is 0 Å². The van der Waals surface area contributed by atoms with Crippen molar-refractivity contribution in [3.63, 3.8) is 0 Å². The molecule has 12 nitrogen and oxygen atoms in total. The number of benzene rings is 23. The molecule has 29 rings (SSSR count). The van der Waals surface area contributed by atoms with Gasteiger partial charge in [-0.05, 0) is 170 Å². The van der Waals surface area contributed by atoms with E-state index in [1.807, 2.05) is 66.9 Å². The highest BCUT2D eigenvalue weighted by Crippen LogP contribution is 2.47. The van der Waals surface area contributed by atoms with Crippen molar-refractivity contribution in [1.29, 1.82) is 0 Å². The standard InChI is InChI=1S/C49H30N4.C47H30N4.C38H24N4/c1-2-15-34(16-3-1)47-50-48(36-23-22-31-12-4-5-17-35(31)30-36)52-49(51-47)41-26-29-42(40-21-11-10-20-39(40)41)53-43-27-24-32-13-6-8-18-37(32)45(43)46-38-19-9-7-14-33(38)25-28-44(46)53;1-3-12-31(13-4-1)32-22-24-36(25-23-32)46-48-45(35-16-5-2-6-17-35)49-47(50-46)37-18-11-19-38(30-37)51-41-28-26-33-14-7-9-20-39(33)43(41)44-40-21-10-8-15-34(40)27-29-42(44)51;1-3-9-30-23-32(20-14-25(30)7-1)37-40-36(41-38(42-37)33-21-15-26-8-2-4-10-31(26)24-33)29-18-16-27(17-19-29)34-13-5-11-28-12-6-22-39-35(28)34/h1-30H;1-30H;1-24H. The Labute approximate surface area is 839 Å². The molecule has 0 aliphatic heterocycles. The summed E-state index contributed by atoms with van der Waals surface area (Å²) in [6.07, 6.45) is 1.84. The minimum atomic E-state index is 0.629. The Balaban J connectivity index is 0.000000109. The smallest absolute Gasteiger partial charge is 0.164 e. The summed E-state index contributed by atoms with van der Waals surface area (Å²) < 4.78 is 4.83. The predicted molar refractivity (Wildman–Crippen MR) is 603 cm³/mol. The van der Waals surface area contributed by atoms with Crippen LogP contribution < -0.4 is 0 Å². The van der Waals surface area contributed by atoms with E-state index in [9.17, 15) is 0 Å². The Morgan fingerprint density at radius 2 is 0.425 bits per heavy atom. The zero-order valence-electron chi connectivity index (χ0n) is 78.9. The quantitative estimate of drug-likeness (QED) is 0.110. The lowest BCUT2D eigenvalue weighted by molar-refractivity contribution is 1.07. The van der Waals surface area contributed by atoms with Gasteiger partial charge in [0, 0.05) is 99.8 Å². The molecule has 29 aromatic rings. The third kappa shape index (κ3) is 15.6. The third-order valence-electron chi connectivity index (χ3n) is 28.2. The molecule has 0 saturated carbocycles. The largest absolute Gasteiger partial charge is 0.309 e. The van der Waals surface area contributed by atoms with Gasteiger partial charge in [-0.3, -0.25) is 4.98 Å². The molecular formula is C134H84N12. The van der Waals surface area contributed by atoms with Gasteiger partial charge in [-0.15, -0.1) is 0 Å². The first-order valence-electron chi connectivity index (χ1n) is 49.1. The van der Waals surface area contributed by atoms with Crippen LogP contribution in [-0.2, 0) is 0 Å². The van der Waals surface area contributed by atoms with Crippen LogP contribution in [-0.4, -0.2) is 59.0 Å². The summed E-state index contributed by atoms with van der Waals surface area (Å²) in [4.78, 5) is 50.1. The summed E-state index contributed by atoms with van der Waals surface area (Å²) in [5.74, 6) is 5.78. The highest BCUT2D eigenvalue weighted by Gasteiger charge is 2.26. The molecular weight excluding hydrogens is 1780 g/mol. The molecule has 0 fully saturated rings. The van der Waals surface area contributed by atoms with E-state index in [1.54, 1.807) is 0 Å². The Morgan fingerprint density at radius 3 is 0.849 bits per heavy atom. The summed E-state index contributed by atoms with van der Waals surface area (Å²) in [6, 6.07) is 177. The highest BCUT2D eigenvalue weighted by atomic mass is 15.1. The second-order valence-electron chi connectivity index (χ2n) is 36.9. The van der Waals surface area contributed by atoms with E-state index in [2.05, 4.69) is 457 Å². The van der Waals surface area contributed by atoms with Crippen molar-refractivity contribution in [3.8, 4) is 136 Å². The van der Waals surface area contributed by atoms with E-state index in [0.29, 0.717) is 52.4 Å². The van der Waals surface area contributed by atoms with Gasteiger partial charge >= 0.3 is 0 Å². The van der Waals surface area contributed by atoms with E-state index in [0.717, 1.165) is 127 Å². The number of aromatic nitrogens is 12. The second kappa shape index (κ2) is 36.4. The lowest BCUT2D eigenvalue weighted by Gasteiger charge is -2.15. The number of pyridine rings is 1. The van der Waals surface area contributed by atoms with Crippen molar-refractivity contribution in [2.75, 3.05) is 0 Å². The van der Waals surface area contributed by atoms with Gasteiger partial charge in [0.15, 0.2) is 52.4 Å². The van der Waals surface area contributed by atoms with Crippen molar-refractivity contribution in [2.45, 2.75) is 0 Å². The fourth-order valence-electron chi connectivity index (χ4n) is 21.1. The average Bonchev–Trinajstić information content (AvgIpc) is 1.55. The first-order chi connectivity index (χ1) is 72.3. The van der Waals surface area contributed by atoms with Crippen LogP contribution in [0.4, 0.5) is 0 Å². The van der Waals surface area contributed by atoms with Crippen LogP contribution in [0.5, 0.6) is 0 Å². The summed E-state index contributed by atoms with van der Waals surface area (Å²) in [5.41, 5.74) is 20.9. The van der Waals surface area contributed by atoms with E-state index in [1.165, 1.54) is 97.4 Å². The summed E-state index contributed by atoms with van der Waals surface area (Å²) in [7, 11) is 0. The molecule has 0 atom stereocenters. The number of nitrogens with zero attached hydrogens (tertiary/aromatic N) is 12. The molecule has 0 radical (unpaired) electrons. The maximum atomic E-state index is 5.19. The molecule has 146 heavy (non-hydrogen) atoms.